The first-order chi connectivity index (χ1) is 6.66. The highest BCUT2D eigenvalue weighted by Crippen LogP contribution is 2.02. The molecule has 4 nitrogen and oxygen atoms in total. The molecule has 0 aromatic heterocycles. The average molecular weight is 191 g/mol. The van der Waals surface area contributed by atoms with Crippen LogP contribution in [0, 0.1) is 0 Å². The minimum absolute atomic E-state index is 0.159. The number of guanidine groups is 1. The number of carbonyl (C=O) groups is 1. The molecule has 1 aromatic rings. The Morgan fingerprint density at radius 2 is 1.93 bits per heavy atom. The van der Waals surface area contributed by atoms with Crippen molar-refractivity contribution in [2.45, 2.75) is 0 Å². The van der Waals surface area contributed by atoms with Gasteiger partial charge in [0.25, 0.3) is 5.91 Å². The lowest BCUT2D eigenvalue weighted by molar-refractivity contribution is 0.0869. The summed E-state index contributed by atoms with van der Waals surface area (Å²) < 4.78 is 0. The maximum absolute atomic E-state index is 11.7. The fraction of sp³-hybridized carbons (Fsp3) is 0.200. The molecule has 0 aliphatic heterocycles. The third-order valence-electron chi connectivity index (χ3n) is 1.90. The minimum Gasteiger partial charge on any atom is -0.369 e. The van der Waals surface area contributed by atoms with E-state index in [0.717, 1.165) is 0 Å². The molecular formula is C10H13N3O. The predicted octanol–water partition coefficient (Wildman–Crippen LogP) is 0.703. The van der Waals surface area contributed by atoms with E-state index >= 15 is 0 Å². The topological polar surface area (TPSA) is 58.7 Å². The summed E-state index contributed by atoms with van der Waals surface area (Å²) in [6, 6.07) is 8.94. The first-order valence-corrected chi connectivity index (χ1v) is 4.22. The molecule has 74 valence electrons. The van der Waals surface area contributed by atoms with Crippen molar-refractivity contribution in [1.29, 1.82) is 0 Å². The Hall–Kier alpha value is -1.84. The van der Waals surface area contributed by atoms with Crippen molar-refractivity contribution >= 4 is 11.9 Å². The molecule has 0 saturated heterocycles. The minimum atomic E-state index is -0.159. The summed E-state index contributed by atoms with van der Waals surface area (Å²) in [5.41, 5.74) is 6.11. The SMILES string of the molecule is CN=C(N)N(C)C(=O)c1ccccc1. The summed E-state index contributed by atoms with van der Waals surface area (Å²) in [5, 5.41) is 0. The van der Waals surface area contributed by atoms with Crippen molar-refractivity contribution in [3.05, 3.63) is 35.9 Å². The van der Waals surface area contributed by atoms with Gasteiger partial charge in [-0.1, -0.05) is 18.2 Å². The lowest BCUT2D eigenvalue weighted by Crippen LogP contribution is -2.38. The smallest absolute Gasteiger partial charge is 0.260 e. The summed E-state index contributed by atoms with van der Waals surface area (Å²) in [6.45, 7) is 0. The highest BCUT2D eigenvalue weighted by atomic mass is 16.2. The van der Waals surface area contributed by atoms with Gasteiger partial charge < -0.3 is 5.73 Å². The van der Waals surface area contributed by atoms with Crippen LogP contribution in [-0.2, 0) is 0 Å². The molecule has 0 unspecified atom stereocenters. The third-order valence-corrected chi connectivity index (χ3v) is 1.90. The highest BCUT2D eigenvalue weighted by Gasteiger charge is 2.12. The van der Waals surface area contributed by atoms with Crippen molar-refractivity contribution in [2.24, 2.45) is 10.7 Å². The monoisotopic (exact) mass is 191 g/mol. The number of nitrogens with zero attached hydrogens (tertiary/aromatic N) is 2. The zero-order valence-electron chi connectivity index (χ0n) is 8.27. The highest BCUT2D eigenvalue weighted by molar-refractivity contribution is 6.04. The van der Waals surface area contributed by atoms with Crippen LogP contribution in [0.25, 0.3) is 0 Å². The van der Waals surface area contributed by atoms with Crippen molar-refractivity contribution in [1.82, 2.24) is 4.90 Å². The van der Waals surface area contributed by atoms with Gasteiger partial charge in [-0.25, -0.2) is 0 Å². The van der Waals surface area contributed by atoms with Crippen molar-refractivity contribution < 1.29 is 4.79 Å². The molecule has 0 bridgehead atoms. The third kappa shape index (κ3) is 2.10. The van der Waals surface area contributed by atoms with Crippen molar-refractivity contribution in [3.63, 3.8) is 0 Å². The molecule has 14 heavy (non-hydrogen) atoms. The Kier molecular flexibility index (Phi) is 3.23. The van der Waals surface area contributed by atoms with E-state index in [2.05, 4.69) is 4.99 Å². The second-order valence-corrected chi connectivity index (χ2v) is 2.81. The van der Waals surface area contributed by atoms with Gasteiger partial charge in [-0.15, -0.1) is 0 Å². The van der Waals surface area contributed by atoms with Crippen LogP contribution >= 0.6 is 0 Å². The fourth-order valence-electron chi connectivity index (χ4n) is 1.03. The van der Waals surface area contributed by atoms with E-state index < -0.39 is 0 Å². The number of hydrogen-bond acceptors (Lipinski definition) is 2. The number of carbonyl (C=O) groups excluding carboxylic acids is 1. The molecule has 0 aliphatic rings. The van der Waals surface area contributed by atoms with Gasteiger partial charge in [0.2, 0.25) is 0 Å². The maximum atomic E-state index is 11.7. The maximum Gasteiger partial charge on any atom is 0.260 e. The van der Waals surface area contributed by atoms with Gasteiger partial charge in [0.15, 0.2) is 5.96 Å². The summed E-state index contributed by atoms with van der Waals surface area (Å²) in [5.74, 6) is 0.0487. The summed E-state index contributed by atoms with van der Waals surface area (Å²) in [4.78, 5) is 16.8. The van der Waals surface area contributed by atoms with Crippen LogP contribution in [0.15, 0.2) is 35.3 Å². The van der Waals surface area contributed by atoms with E-state index in [1.54, 1.807) is 38.4 Å². The molecule has 1 amide bonds. The Balaban J connectivity index is 2.87. The van der Waals surface area contributed by atoms with Crippen LogP contribution in [0.4, 0.5) is 0 Å². The Morgan fingerprint density at radius 1 is 1.36 bits per heavy atom. The van der Waals surface area contributed by atoms with Crippen LogP contribution in [0.1, 0.15) is 10.4 Å². The molecule has 0 saturated carbocycles. The second kappa shape index (κ2) is 4.41. The zero-order chi connectivity index (χ0) is 10.6. The van der Waals surface area contributed by atoms with Crippen LogP contribution in [0.2, 0.25) is 0 Å². The molecule has 0 heterocycles. The van der Waals surface area contributed by atoms with E-state index in [9.17, 15) is 4.79 Å². The first kappa shape index (κ1) is 10.2. The van der Waals surface area contributed by atoms with Gasteiger partial charge in [-0.3, -0.25) is 14.7 Å². The summed E-state index contributed by atoms with van der Waals surface area (Å²) in [6.07, 6.45) is 0. The normalized spacial score (nSPS) is 11.1. The molecule has 1 aromatic carbocycles. The zero-order valence-corrected chi connectivity index (χ0v) is 8.27. The Bertz CT molecular complexity index is 346. The van der Waals surface area contributed by atoms with Gasteiger partial charge in [-0.05, 0) is 12.1 Å². The van der Waals surface area contributed by atoms with Crippen LogP contribution in [0.5, 0.6) is 0 Å². The Labute approximate surface area is 83.0 Å². The molecule has 0 aliphatic carbocycles. The standard InChI is InChI=1S/C10H13N3O/c1-12-10(11)13(2)9(14)8-6-4-3-5-7-8/h3-7H,1-2H3,(H2,11,12). The van der Waals surface area contributed by atoms with E-state index in [1.807, 2.05) is 6.07 Å². The lowest BCUT2D eigenvalue weighted by atomic mass is 10.2. The summed E-state index contributed by atoms with van der Waals surface area (Å²) >= 11 is 0. The number of hydrogen-bond donors (Lipinski definition) is 1. The molecule has 0 fully saturated rings. The average Bonchev–Trinajstić information content (AvgIpc) is 2.27. The number of nitrogens with two attached hydrogens (primary N) is 1. The molecule has 2 N–H and O–H groups in total. The first-order valence-electron chi connectivity index (χ1n) is 4.22. The van der Waals surface area contributed by atoms with Gasteiger partial charge in [-0.2, -0.15) is 0 Å². The molecular weight excluding hydrogens is 178 g/mol. The lowest BCUT2D eigenvalue weighted by Gasteiger charge is -2.15. The molecule has 0 atom stereocenters. The van der Waals surface area contributed by atoms with Crippen molar-refractivity contribution in [3.8, 4) is 0 Å². The van der Waals surface area contributed by atoms with E-state index in [4.69, 9.17) is 5.73 Å². The number of benzene rings is 1. The van der Waals surface area contributed by atoms with E-state index in [0.29, 0.717) is 5.56 Å². The molecule has 0 radical (unpaired) electrons. The van der Waals surface area contributed by atoms with Crippen LogP contribution in [-0.4, -0.2) is 30.9 Å². The number of rotatable bonds is 1. The number of amides is 1. The van der Waals surface area contributed by atoms with Gasteiger partial charge in [0.1, 0.15) is 0 Å². The second-order valence-electron chi connectivity index (χ2n) is 2.81. The summed E-state index contributed by atoms with van der Waals surface area (Å²) in [7, 11) is 3.14. The van der Waals surface area contributed by atoms with Gasteiger partial charge >= 0.3 is 0 Å². The molecule has 1 rings (SSSR count). The van der Waals surface area contributed by atoms with E-state index in [-0.39, 0.29) is 11.9 Å². The van der Waals surface area contributed by atoms with Gasteiger partial charge in [0, 0.05) is 19.7 Å². The van der Waals surface area contributed by atoms with Crippen LogP contribution in [0.3, 0.4) is 0 Å². The molecule has 0 spiro atoms. The quantitative estimate of drug-likeness (QED) is 0.524. The number of aliphatic imine (C=N–C) groups is 1. The fourth-order valence-corrected chi connectivity index (χ4v) is 1.03. The van der Waals surface area contributed by atoms with Gasteiger partial charge in [0.05, 0.1) is 0 Å². The van der Waals surface area contributed by atoms with E-state index in [1.165, 1.54) is 4.90 Å². The largest absolute Gasteiger partial charge is 0.369 e. The predicted molar refractivity (Wildman–Crippen MR) is 56.1 cm³/mol. The Morgan fingerprint density at radius 3 is 2.43 bits per heavy atom. The van der Waals surface area contributed by atoms with Crippen LogP contribution < -0.4 is 5.73 Å². The van der Waals surface area contributed by atoms with Crippen molar-refractivity contribution in [2.75, 3.05) is 14.1 Å². The molecule has 4 heteroatoms.